The average molecular weight is 424 g/mol. The summed E-state index contributed by atoms with van der Waals surface area (Å²) in [5, 5.41) is 7.03. The Balaban J connectivity index is 1.56. The first-order valence-electron chi connectivity index (χ1n) is 9.28. The van der Waals surface area contributed by atoms with Crippen molar-refractivity contribution in [1.29, 1.82) is 0 Å². The Labute approximate surface area is 169 Å². The summed E-state index contributed by atoms with van der Waals surface area (Å²) >= 11 is 1.29. The minimum Gasteiger partial charge on any atom is -0.339 e. The van der Waals surface area contributed by atoms with Gasteiger partial charge in [0.05, 0.1) is 10.6 Å². The van der Waals surface area contributed by atoms with Crippen molar-refractivity contribution >= 4 is 27.7 Å². The molecule has 2 aromatic rings. The summed E-state index contributed by atoms with van der Waals surface area (Å²) in [5.74, 6) is 0.622. The van der Waals surface area contributed by atoms with E-state index < -0.39 is 10.0 Å². The Kier molecular flexibility index (Phi) is 6.73. The molecule has 3 rings (SSSR count). The molecule has 10 heteroatoms. The second-order valence-electron chi connectivity index (χ2n) is 6.74. The fourth-order valence-corrected chi connectivity index (χ4v) is 5.12. The van der Waals surface area contributed by atoms with E-state index in [1.165, 1.54) is 22.4 Å². The highest BCUT2D eigenvalue weighted by Gasteiger charge is 2.30. The smallest absolute Gasteiger partial charge is 0.243 e. The van der Waals surface area contributed by atoms with Crippen molar-refractivity contribution in [2.24, 2.45) is 0 Å². The summed E-state index contributed by atoms with van der Waals surface area (Å²) in [4.78, 5) is 18.3. The molecule has 1 aromatic heterocycles. The Morgan fingerprint density at radius 3 is 2.46 bits per heavy atom. The van der Waals surface area contributed by atoms with Crippen LogP contribution in [-0.4, -0.2) is 70.6 Å². The number of nitrogens with zero attached hydrogens (tertiary/aromatic N) is 4. The molecule has 28 heavy (non-hydrogen) atoms. The van der Waals surface area contributed by atoms with Crippen molar-refractivity contribution in [3.05, 3.63) is 36.2 Å². The van der Waals surface area contributed by atoms with Crippen LogP contribution in [0, 0.1) is 0 Å². The van der Waals surface area contributed by atoms with E-state index in [1.54, 1.807) is 17.0 Å². The molecule has 1 saturated heterocycles. The van der Waals surface area contributed by atoms with E-state index in [0.717, 1.165) is 12.0 Å². The van der Waals surface area contributed by atoms with Gasteiger partial charge in [-0.15, -0.1) is 0 Å². The van der Waals surface area contributed by atoms with Gasteiger partial charge < -0.3 is 4.90 Å². The number of carbonyl (C=O) groups is 1. The average Bonchev–Trinajstić information content (AvgIpc) is 3.25. The van der Waals surface area contributed by atoms with Crippen LogP contribution in [0.2, 0.25) is 0 Å². The van der Waals surface area contributed by atoms with E-state index in [1.807, 2.05) is 12.1 Å². The molecule has 0 saturated carbocycles. The molecule has 152 valence electrons. The van der Waals surface area contributed by atoms with Crippen molar-refractivity contribution in [3.63, 3.8) is 0 Å². The summed E-state index contributed by atoms with van der Waals surface area (Å²) in [7, 11) is -3.54. The van der Waals surface area contributed by atoms with Gasteiger partial charge >= 0.3 is 0 Å². The highest BCUT2D eigenvalue weighted by molar-refractivity contribution is 7.99. The first-order valence-corrected chi connectivity index (χ1v) is 11.7. The fourth-order valence-electron chi connectivity index (χ4n) is 3.02. The van der Waals surface area contributed by atoms with Gasteiger partial charge in [-0.1, -0.05) is 37.7 Å². The van der Waals surface area contributed by atoms with E-state index in [2.05, 4.69) is 29.0 Å². The van der Waals surface area contributed by atoms with E-state index >= 15 is 0 Å². The van der Waals surface area contributed by atoms with Crippen LogP contribution in [0.4, 0.5) is 0 Å². The lowest BCUT2D eigenvalue weighted by molar-refractivity contribution is -0.129. The number of aromatic amines is 1. The van der Waals surface area contributed by atoms with Crippen molar-refractivity contribution < 1.29 is 13.2 Å². The topological polar surface area (TPSA) is 99.3 Å². The van der Waals surface area contributed by atoms with Gasteiger partial charge in [0, 0.05) is 26.2 Å². The maximum absolute atomic E-state index is 12.9. The molecule has 1 amide bonds. The van der Waals surface area contributed by atoms with Gasteiger partial charge in [-0.3, -0.25) is 9.89 Å². The van der Waals surface area contributed by atoms with E-state index in [-0.39, 0.29) is 11.7 Å². The molecular weight excluding hydrogens is 398 g/mol. The van der Waals surface area contributed by atoms with Gasteiger partial charge in [-0.2, -0.15) is 9.40 Å². The Hall–Kier alpha value is -1.91. The lowest BCUT2D eigenvalue weighted by atomic mass is 9.99. The highest BCUT2D eigenvalue weighted by Crippen LogP contribution is 2.23. The number of benzene rings is 1. The third-order valence-corrected chi connectivity index (χ3v) is 7.79. The number of hydrogen-bond acceptors (Lipinski definition) is 6. The maximum atomic E-state index is 12.9. The van der Waals surface area contributed by atoms with Crippen LogP contribution in [-0.2, 0) is 14.8 Å². The number of hydrogen-bond donors (Lipinski definition) is 1. The summed E-state index contributed by atoms with van der Waals surface area (Å²) in [6.07, 6.45) is 2.41. The Morgan fingerprint density at radius 2 is 1.89 bits per heavy atom. The van der Waals surface area contributed by atoms with Crippen molar-refractivity contribution in [3.8, 4) is 0 Å². The standard InChI is InChI=1S/C18H25N5O3S2/c1-3-14(2)15-4-6-16(7-5-15)28(25,26)23-10-8-22(9-11-23)17(24)12-27-18-19-13-20-21-18/h4-7,13-14H,3,8-12H2,1-2H3,(H,19,20,21)/t14-/m0/s1. The summed E-state index contributed by atoms with van der Waals surface area (Å²) in [6, 6.07) is 7.15. The third kappa shape index (κ3) is 4.73. The van der Waals surface area contributed by atoms with E-state index in [9.17, 15) is 13.2 Å². The predicted octanol–water partition coefficient (Wildman–Crippen LogP) is 1.94. The lowest BCUT2D eigenvalue weighted by Gasteiger charge is -2.34. The highest BCUT2D eigenvalue weighted by atomic mass is 32.2. The zero-order valence-electron chi connectivity index (χ0n) is 16.0. The molecule has 1 atom stereocenters. The number of sulfonamides is 1. The fraction of sp³-hybridized carbons (Fsp3) is 0.500. The van der Waals surface area contributed by atoms with Crippen LogP contribution in [0.1, 0.15) is 31.7 Å². The molecule has 0 bridgehead atoms. The number of rotatable bonds is 7. The van der Waals surface area contributed by atoms with Gasteiger partial charge in [0.15, 0.2) is 5.16 Å². The second-order valence-corrected chi connectivity index (χ2v) is 9.64. The molecule has 1 aliphatic heterocycles. The number of nitrogens with one attached hydrogen (secondary N) is 1. The zero-order valence-corrected chi connectivity index (χ0v) is 17.7. The molecule has 1 N–H and O–H groups in total. The number of piperazine rings is 1. The van der Waals surface area contributed by atoms with Crippen LogP contribution >= 0.6 is 11.8 Å². The largest absolute Gasteiger partial charge is 0.339 e. The summed E-state index contributed by atoms with van der Waals surface area (Å²) < 4.78 is 27.2. The first-order chi connectivity index (χ1) is 13.4. The van der Waals surface area contributed by atoms with Gasteiger partial charge in [0.2, 0.25) is 15.9 Å². The Bertz CT molecular complexity index is 876. The second kappa shape index (κ2) is 9.06. The number of carbonyl (C=O) groups excluding carboxylic acids is 1. The van der Waals surface area contributed by atoms with Crippen LogP contribution in [0.5, 0.6) is 0 Å². The lowest BCUT2D eigenvalue weighted by Crippen LogP contribution is -2.50. The summed E-state index contributed by atoms with van der Waals surface area (Å²) in [6.45, 7) is 5.61. The molecule has 1 aliphatic rings. The van der Waals surface area contributed by atoms with Crippen LogP contribution in [0.3, 0.4) is 0 Å². The zero-order chi connectivity index (χ0) is 20.1. The van der Waals surface area contributed by atoms with E-state index in [4.69, 9.17) is 0 Å². The van der Waals surface area contributed by atoms with Crippen molar-refractivity contribution in [2.75, 3.05) is 31.9 Å². The van der Waals surface area contributed by atoms with Gasteiger partial charge in [0.1, 0.15) is 6.33 Å². The molecule has 0 radical (unpaired) electrons. The van der Waals surface area contributed by atoms with E-state index in [0.29, 0.717) is 42.1 Å². The SMILES string of the molecule is CC[C@H](C)c1ccc(S(=O)(=O)N2CCN(C(=O)CSc3ncn[nH]3)CC2)cc1. The van der Waals surface area contributed by atoms with Gasteiger partial charge in [0.25, 0.3) is 0 Å². The molecule has 0 aliphatic carbocycles. The molecule has 1 aromatic carbocycles. The molecule has 8 nitrogen and oxygen atoms in total. The molecule has 1 fully saturated rings. The quantitative estimate of drug-likeness (QED) is 0.684. The minimum atomic E-state index is -3.54. The third-order valence-electron chi connectivity index (χ3n) is 5.02. The normalized spacial score (nSPS) is 16.9. The molecule has 0 spiro atoms. The van der Waals surface area contributed by atoms with Crippen LogP contribution in [0.25, 0.3) is 0 Å². The molecule has 2 heterocycles. The maximum Gasteiger partial charge on any atom is 0.243 e. The number of aromatic nitrogens is 3. The Morgan fingerprint density at radius 1 is 1.21 bits per heavy atom. The monoisotopic (exact) mass is 423 g/mol. The first kappa shape index (κ1) is 20.8. The number of H-pyrrole nitrogens is 1. The number of thioether (sulfide) groups is 1. The predicted molar refractivity (Wildman–Crippen MR) is 108 cm³/mol. The van der Waals surface area contributed by atoms with Crippen LogP contribution < -0.4 is 0 Å². The van der Waals surface area contributed by atoms with Crippen molar-refractivity contribution in [1.82, 2.24) is 24.4 Å². The number of amides is 1. The van der Waals surface area contributed by atoms with Crippen molar-refractivity contribution in [2.45, 2.75) is 36.2 Å². The summed E-state index contributed by atoms with van der Waals surface area (Å²) in [5.41, 5.74) is 1.14. The molecular formula is C18H25N5O3S2. The van der Waals surface area contributed by atoms with Crippen LogP contribution in [0.15, 0.2) is 40.6 Å². The molecule has 0 unspecified atom stereocenters. The van der Waals surface area contributed by atoms with Gasteiger partial charge in [-0.25, -0.2) is 13.4 Å². The minimum absolute atomic E-state index is 0.0312. The van der Waals surface area contributed by atoms with Gasteiger partial charge in [-0.05, 0) is 30.0 Å².